The largest absolute Gasteiger partial charge is 0.310 e. The molecule has 0 saturated carbocycles. The van der Waals surface area contributed by atoms with Crippen molar-refractivity contribution >= 4 is 72.1 Å². The predicted octanol–water partition coefficient (Wildman–Crippen LogP) is 10.2. The highest BCUT2D eigenvalue weighted by molar-refractivity contribution is 9.10. The molecule has 0 aromatic heterocycles. The lowest BCUT2D eigenvalue weighted by Crippen LogP contribution is -2.32. The SMILES string of the molecule is Brc1ccc(N(c2ccc(Br)cc2)c2cccc(C[P+](c3ccccc3)(c3ccccc3)c3ccccc3)c2)cc1. The third-order valence-corrected chi connectivity index (χ3v) is 12.8. The van der Waals surface area contributed by atoms with Crippen molar-refractivity contribution in [3.63, 3.8) is 0 Å². The minimum Gasteiger partial charge on any atom is -0.310 e. The van der Waals surface area contributed by atoms with Gasteiger partial charge in [-0.05, 0) is 103 Å². The maximum Gasteiger partial charge on any atom is 0.116 e. The highest BCUT2D eigenvalue weighted by Gasteiger charge is 2.45. The average Bonchev–Trinajstić information content (AvgIpc) is 3.03. The number of hydrogen-bond donors (Lipinski definition) is 0. The van der Waals surface area contributed by atoms with E-state index in [9.17, 15) is 0 Å². The van der Waals surface area contributed by atoms with Gasteiger partial charge in [0.25, 0.3) is 0 Å². The number of anilines is 3. The molecule has 0 atom stereocenters. The third kappa shape index (κ3) is 5.95. The summed E-state index contributed by atoms with van der Waals surface area (Å²) < 4.78 is 2.13. The molecule has 0 N–H and O–H groups in total. The first-order valence-corrected chi connectivity index (χ1v) is 17.1. The molecule has 6 rings (SSSR count). The zero-order valence-electron chi connectivity index (χ0n) is 22.4. The average molecular weight is 678 g/mol. The van der Waals surface area contributed by atoms with Crippen LogP contribution in [0.5, 0.6) is 0 Å². The van der Waals surface area contributed by atoms with Gasteiger partial charge in [-0.1, -0.05) is 98.6 Å². The second kappa shape index (κ2) is 12.6. The van der Waals surface area contributed by atoms with Crippen molar-refractivity contribution in [3.8, 4) is 0 Å². The number of hydrogen-bond acceptors (Lipinski definition) is 1. The fraction of sp³-hybridized carbons (Fsp3) is 0.0270. The maximum atomic E-state index is 3.61. The number of benzene rings is 6. The van der Waals surface area contributed by atoms with Crippen LogP contribution in [0.3, 0.4) is 0 Å². The van der Waals surface area contributed by atoms with Gasteiger partial charge in [0, 0.05) is 26.0 Å². The Labute approximate surface area is 260 Å². The maximum absolute atomic E-state index is 3.61. The summed E-state index contributed by atoms with van der Waals surface area (Å²) in [6.07, 6.45) is 0.924. The first-order valence-electron chi connectivity index (χ1n) is 13.6. The van der Waals surface area contributed by atoms with Crippen molar-refractivity contribution in [2.45, 2.75) is 6.16 Å². The summed E-state index contributed by atoms with van der Waals surface area (Å²) in [5.41, 5.74) is 4.68. The van der Waals surface area contributed by atoms with Crippen LogP contribution < -0.4 is 20.8 Å². The fourth-order valence-electron chi connectivity index (χ4n) is 5.46. The van der Waals surface area contributed by atoms with Gasteiger partial charge < -0.3 is 4.90 Å². The van der Waals surface area contributed by atoms with Crippen LogP contribution in [0.1, 0.15) is 5.56 Å². The van der Waals surface area contributed by atoms with Gasteiger partial charge >= 0.3 is 0 Å². The Morgan fingerprint density at radius 3 is 1.24 bits per heavy atom. The first-order chi connectivity index (χ1) is 20.1. The molecule has 200 valence electrons. The highest BCUT2D eigenvalue weighted by atomic mass is 79.9. The summed E-state index contributed by atoms with van der Waals surface area (Å²) in [4.78, 5) is 2.33. The molecule has 0 spiro atoms. The lowest BCUT2D eigenvalue weighted by molar-refractivity contribution is 1.26. The summed E-state index contributed by atoms with van der Waals surface area (Å²) in [6.45, 7) is 0. The number of rotatable bonds is 8. The van der Waals surface area contributed by atoms with E-state index in [0.29, 0.717) is 0 Å². The quantitative estimate of drug-likeness (QED) is 0.145. The summed E-state index contributed by atoms with van der Waals surface area (Å²) in [5.74, 6) is 0. The molecule has 0 aliphatic heterocycles. The van der Waals surface area contributed by atoms with Crippen molar-refractivity contribution < 1.29 is 0 Å². The third-order valence-electron chi connectivity index (χ3n) is 7.35. The van der Waals surface area contributed by atoms with Crippen LogP contribution in [-0.4, -0.2) is 0 Å². The van der Waals surface area contributed by atoms with Gasteiger partial charge in [0.2, 0.25) is 0 Å². The van der Waals surface area contributed by atoms with Crippen LogP contribution in [-0.2, 0) is 6.16 Å². The first kappa shape index (κ1) is 27.7. The van der Waals surface area contributed by atoms with E-state index in [1.807, 2.05) is 0 Å². The van der Waals surface area contributed by atoms with Crippen LogP contribution in [0.2, 0.25) is 0 Å². The molecule has 0 aliphatic carbocycles. The van der Waals surface area contributed by atoms with Crippen LogP contribution in [0.4, 0.5) is 17.1 Å². The Morgan fingerprint density at radius 2 is 0.829 bits per heavy atom. The van der Waals surface area contributed by atoms with Crippen LogP contribution in [0.15, 0.2) is 173 Å². The van der Waals surface area contributed by atoms with Gasteiger partial charge in [-0.25, -0.2) is 0 Å². The molecule has 6 aromatic rings. The van der Waals surface area contributed by atoms with E-state index in [2.05, 4.69) is 201 Å². The van der Waals surface area contributed by atoms with Crippen molar-refractivity contribution in [2.24, 2.45) is 0 Å². The Kier molecular flexibility index (Phi) is 8.49. The summed E-state index contributed by atoms with van der Waals surface area (Å²) in [5, 5.41) is 4.17. The lowest BCUT2D eigenvalue weighted by Gasteiger charge is -2.29. The Balaban J connectivity index is 1.52. The molecule has 0 unspecified atom stereocenters. The number of nitrogens with zero attached hydrogens (tertiary/aromatic N) is 1. The van der Waals surface area contributed by atoms with E-state index in [4.69, 9.17) is 0 Å². The monoisotopic (exact) mass is 676 g/mol. The van der Waals surface area contributed by atoms with Crippen molar-refractivity contribution in [1.82, 2.24) is 0 Å². The van der Waals surface area contributed by atoms with Gasteiger partial charge in [-0.2, -0.15) is 0 Å². The van der Waals surface area contributed by atoms with Crippen molar-refractivity contribution in [1.29, 1.82) is 0 Å². The van der Waals surface area contributed by atoms with Crippen LogP contribution >= 0.6 is 39.1 Å². The minimum absolute atomic E-state index is 0.924. The normalized spacial score (nSPS) is 11.3. The minimum atomic E-state index is -2.01. The predicted molar refractivity (Wildman–Crippen MR) is 185 cm³/mol. The topological polar surface area (TPSA) is 3.24 Å². The molecule has 4 heteroatoms. The van der Waals surface area contributed by atoms with Crippen LogP contribution in [0, 0.1) is 0 Å². The fourth-order valence-corrected chi connectivity index (χ4v) is 10.2. The highest BCUT2D eigenvalue weighted by Crippen LogP contribution is 2.58. The molecule has 0 saturated heterocycles. The molecule has 41 heavy (non-hydrogen) atoms. The van der Waals surface area contributed by atoms with E-state index in [1.165, 1.54) is 21.5 Å². The van der Waals surface area contributed by atoms with E-state index in [1.54, 1.807) is 0 Å². The second-order valence-corrected chi connectivity index (χ2v) is 15.2. The van der Waals surface area contributed by atoms with Gasteiger partial charge in [-0.3, -0.25) is 0 Å². The molecular formula is C37H29Br2NP+. The molecule has 0 fully saturated rings. The molecule has 1 nitrogen and oxygen atoms in total. The van der Waals surface area contributed by atoms with Crippen molar-refractivity contribution in [3.05, 3.63) is 178 Å². The molecule has 0 heterocycles. The summed E-state index contributed by atoms with van der Waals surface area (Å²) >= 11 is 7.21. The second-order valence-electron chi connectivity index (χ2n) is 9.93. The molecule has 6 aromatic carbocycles. The summed E-state index contributed by atoms with van der Waals surface area (Å²) in [7, 11) is -2.01. The van der Waals surface area contributed by atoms with Gasteiger partial charge in [0.05, 0.1) is 6.16 Å². The molecule has 0 aliphatic rings. The van der Waals surface area contributed by atoms with E-state index < -0.39 is 7.26 Å². The summed E-state index contributed by atoms with van der Waals surface area (Å²) in [6, 6.07) is 59.4. The molecular weight excluding hydrogens is 649 g/mol. The van der Waals surface area contributed by atoms with Gasteiger partial charge in [0.15, 0.2) is 0 Å². The van der Waals surface area contributed by atoms with Crippen molar-refractivity contribution in [2.75, 3.05) is 4.90 Å². The number of halogens is 2. The molecule has 0 bridgehead atoms. The lowest BCUT2D eigenvalue weighted by atomic mass is 10.1. The Bertz CT molecular complexity index is 1560. The molecule has 0 amide bonds. The standard InChI is InChI=1S/C37H29Br2NP/c38-30-19-23-32(24-20-30)40(33-25-21-31(39)22-26-33)34-12-10-11-29(27-34)28-41(35-13-4-1-5-14-35,36-15-6-2-7-16-36)37-17-8-3-9-18-37/h1-27H,28H2/q+1. The Morgan fingerprint density at radius 1 is 0.415 bits per heavy atom. The zero-order chi connectivity index (χ0) is 28.1. The van der Waals surface area contributed by atoms with E-state index in [-0.39, 0.29) is 0 Å². The Hall–Kier alpha value is -3.49. The van der Waals surface area contributed by atoms with Gasteiger partial charge in [-0.15, -0.1) is 0 Å². The van der Waals surface area contributed by atoms with E-state index >= 15 is 0 Å². The molecule has 0 radical (unpaired) electrons. The smallest absolute Gasteiger partial charge is 0.116 e. The zero-order valence-corrected chi connectivity index (χ0v) is 26.5. The van der Waals surface area contributed by atoms with Gasteiger partial charge in [0.1, 0.15) is 23.2 Å². The van der Waals surface area contributed by atoms with Crippen LogP contribution in [0.25, 0.3) is 0 Å². The van der Waals surface area contributed by atoms with E-state index in [0.717, 1.165) is 32.2 Å².